The maximum atomic E-state index is 12.4. The Morgan fingerprint density at radius 1 is 1.12 bits per heavy atom. The number of allylic oxidation sites excluding steroid dienone is 2. The van der Waals surface area contributed by atoms with Gasteiger partial charge in [0.15, 0.2) is 0 Å². The lowest BCUT2D eigenvalue weighted by atomic mass is 10.1. The van der Waals surface area contributed by atoms with E-state index >= 15 is 0 Å². The van der Waals surface area contributed by atoms with E-state index in [1.165, 1.54) is 0 Å². The van der Waals surface area contributed by atoms with Crippen molar-refractivity contribution in [3.8, 4) is 11.8 Å². The van der Waals surface area contributed by atoms with Crippen LogP contribution in [0.4, 0.5) is 0 Å². The highest BCUT2D eigenvalue weighted by Gasteiger charge is 2.22. The number of esters is 1. The SMILES string of the molecule is O=C1O/C(=C/C#Cc2ccccc2)Cn2cc(I)c3cccc1c32. The number of hydrogen-bond donors (Lipinski definition) is 0. The summed E-state index contributed by atoms with van der Waals surface area (Å²) in [6, 6.07) is 15.4. The molecule has 4 rings (SSSR count). The minimum absolute atomic E-state index is 0.332. The first-order valence-electron chi connectivity index (χ1n) is 7.47. The second-order valence-corrected chi connectivity index (χ2v) is 6.60. The summed E-state index contributed by atoms with van der Waals surface area (Å²) >= 11 is 2.29. The van der Waals surface area contributed by atoms with Gasteiger partial charge in [-0.2, -0.15) is 0 Å². The molecule has 0 radical (unpaired) electrons. The van der Waals surface area contributed by atoms with Gasteiger partial charge < -0.3 is 9.30 Å². The fourth-order valence-corrected chi connectivity index (χ4v) is 3.55. The molecule has 0 saturated heterocycles. The molecule has 116 valence electrons. The van der Waals surface area contributed by atoms with E-state index in [9.17, 15) is 4.79 Å². The molecule has 1 aromatic heterocycles. The Morgan fingerprint density at radius 2 is 1.96 bits per heavy atom. The third-order valence-electron chi connectivity index (χ3n) is 3.84. The average molecular weight is 425 g/mol. The molecule has 0 unspecified atom stereocenters. The molecule has 0 spiro atoms. The number of ether oxygens (including phenoxy) is 1. The summed E-state index contributed by atoms with van der Waals surface area (Å²) in [7, 11) is 0. The molecule has 1 aliphatic rings. The molecule has 0 saturated carbocycles. The van der Waals surface area contributed by atoms with E-state index in [1.54, 1.807) is 12.1 Å². The minimum Gasteiger partial charge on any atom is -0.425 e. The van der Waals surface area contributed by atoms with Crippen molar-refractivity contribution < 1.29 is 9.53 Å². The summed E-state index contributed by atoms with van der Waals surface area (Å²) in [6.07, 6.45) is 3.71. The summed E-state index contributed by atoms with van der Waals surface area (Å²) in [6.45, 7) is 0.492. The van der Waals surface area contributed by atoms with Gasteiger partial charge in [0, 0.05) is 26.8 Å². The zero-order chi connectivity index (χ0) is 16.5. The van der Waals surface area contributed by atoms with Crippen LogP contribution in [0.1, 0.15) is 15.9 Å². The summed E-state index contributed by atoms with van der Waals surface area (Å²) in [5.74, 6) is 6.25. The molecule has 1 aliphatic heterocycles. The predicted molar refractivity (Wildman–Crippen MR) is 101 cm³/mol. The molecule has 2 aromatic carbocycles. The molecule has 0 fully saturated rings. The molecule has 0 aliphatic carbocycles. The van der Waals surface area contributed by atoms with Gasteiger partial charge in [-0.15, -0.1) is 0 Å². The number of halogens is 1. The molecule has 24 heavy (non-hydrogen) atoms. The molecule has 0 atom stereocenters. The molecule has 3 aromatic rings. The van der Waals surface area contributed by atoms with Gasteiger partial charge in [0.2, 0.25) is 0 Å². The number of aromatic nitrogens is 1. The van der Waals surface area contributed by atoms with E-state index in [2.05, 4.69) is 34.4 Å². The Labute approximate surface area is 153 Å². The molecule has 0 amide bonds. The highest BCUT2D eigenvalue weighted by Crippen LogP contribution is 2.30. The Morgan fingerprint density at radius 3 is 2.79 bits per heavy atom. The first-order chi connectivity index (χ1) is 11.7. The van der Waals surface area contributed by atoms with Gasteiger partial charge >= 0.3 is 5.97 Å². The van der Waals surface area contributed by atoms with Gasteiger partial charge in [0.25, 0.3) is 0 Å². The van der Waals surface area contributed by atoms with Crippen LogP contribution in [0.25, 0.3) is 10.9 Å². The van der Waals surface area contributed by atoms with Crippen molar-refractivity contribution in [1.82, 2.24) is 4.57 Å². The van der Waals surface area contributed by atoms with Crippen molar-refractivity contribution in [1.29, 1.82) is 0 Å². The number of cyclic esters (lactones) is 1. The zero-order valence-electron chi connectivity index (χ0n) is 12.6. The second kappa shape index (κ2) is 6.17. The van der Waals surface area contributed by atoms with Crippen LogP contribution in [-0.2, 0) is 11.3 Å². The maximum absolute atomic E-state index is 12.4. The summed E-state index contributed by atoms with van der Waals surface area (Å²) in [5, 5.41) is 1.07. The number of benzene rings is 2. The molecule has 0 bridgehead atoms. The quantitative estimate of drug-likeness (QED) is 0.305. The normalized spacial score (nSPS) is 14.9. The summed E-state index contributed by atoms with van der Waals surface area (Å²) < 4.78 is 8.68. The van der Waals surface area contributed by atoms with Crippen molar-refractivity contribution in [3.05, 3.63) is 81.3 Å². The Balaban J connectivity index is 1.73. The fraction of sp³-hybridized carbons (Fsp3) is 0.0500. The van der Waals surface area contributed by atoms with Crippen molar-refractivity contribution in [2.24, 2.45) is 0 Å². The van der Waals surface area contributed by atoms with Crippen LogP contribution in [0.15, 0.2) is 66.6 Å². The van der Waals surface area contributed by atoms with Crippen LogP contribution < -0.4 is 0 Å². The lowest BCUT2D eigenvalue weighted by molar-refractivity contribution is 0.0620. The lowest BCUT2D eigenvalue weighted by Gasteiger charge is -2.03. The number of carbonyl (C=O) groups is 1. The Kier molecular flexibility index (Phi) is 3.87. The molecular weight excluding hydrogens is 413 g/mol. The minimum atomic E-state index is -0.332. The topological polar surface area (TPSA) is 31.2 Å². The smallest absolute Gasteiger partial charge is 0.345 e. The summed E-state index contributed by atoms with van der Waals surface area (Å²) in [4.78, 5) is 12.4. The highest BCUT2D eigenvalue weighted by atomic mass is 127. The fourth-order valence-electron chi connectivity index (χ4n) is 2.78. The number of para-hydroxylation sites is 1. The molecule has 2 heterocycles. The standard InChI is InChI=1S/C20H12INO2/c21-18-13-22-12-15(9-4-8-14-6-2-1-3-7-14)24-20(23)17-11-5-10-16(18)19(17)22/h1-3,5-7,9-11,13H,12H2/b15-9+. The average Bonchev–Trinajstić information content (AvgIpc) is 2.84. The van der Waals surface area contributed by atoms with Crippen molar-refractivity contribution in [2.75, 3.05) is 0 Å². The highest BCUT2D eigenvalue weighted by molar-refractivity contribution is 14.1. The van der Waals surface area contributed by atoms with Gasteiger partial charge in [0.05, 0.1) is 17.6 Å². The van der Waals surface area contributed by atoms with Crippen LogP contribution in [0, 0.1) is 15.4 Å². The third-order valence-corrected chi connectivity index (χ3v) is 4.70. The van der Waals surface area contributed by atoms with Crippen molar-refractivity contribution >= 4 is 39.5 Å². The van der Waals surface area contributed by atoms with Crippen LogP contribution in [0.2, 0.25) is 0 Å². The molecular formula is C20H12INO2. The van der Waals surface area contributed by atoms with E-state index in [-0.39, 0.29) is 5.97 Å². The zero-order valence-corrected chi connectivity index (χ0v) is 14.8. The largest absolute Gasteiger partial charge is 0.425 e. The second-order valence-electron chi connectivity index (χ2n) is 5.44. The number of hydrogen-bond acceptors (Lipinski definition) is 2. The van der Waals surface area contributed by atoms with Crippen molar-refractivity contribution in [2.45, 2.75) is 6.54 Å². The number of rotatable bonds is 0. The Bertz CT molecular complexity index is 1040. The first-order valence-corrected chi connectivity index (χ1v) is 8.55. The third kappa shape index (κ3) is 2.72. The van der Waals surface area contributed by atoms with E-state index in [1.807, 2.05) is 53.2 Å². The first kappa shape index (κ1) is 15.0. The van der Waals surface area contributed by atoms with Crippen LogP contribution in [0.3, 0.4) is 0 Å². The van der Waals surface area contributed by atoms with Gasteiger partial charge in [-0.05, 0) is 40.8 Å². The van der Waals surface area contributed by atoms with Crippen molar-refractivity contribution in [3.63, 3.8) is 0 Å². The monoisotopic (exact) mass is 425 g/mol. The van der Waals surface area contributed by atoms with E-state index in [4.69, 9.17) is 4.74 Å². The Hall–Kier alpha value is -2.52. The van der Waals surface area contributed by atoms with Crippen LogP contribution in [0.5, 0.6) is 0 Å². The lowest BCUT2D eigenvalue weighted by Crippen LogP contribution is -2.04. The van der Waals surface area contributed by atoms with E-state index in [0.29, 0.717) is 17.9 Å². The van der Waals surface area contributed by atoms with Crippen LogP contribution in [-0.4, -0.2) is 10.5 Å². The van der Waals surface area contributed by atoms with E-state index < -0.39 is 0 Å². The summed E-state index contributed by atoms with van der Waals surface area (Å²) in [5.41, 5.74) is 2.44. The van der Waals surface area contributed by atoms with E-state index in [0.717, 1.165) is 20.0 Å². The van der Waals surface area contributed by atoms with Gasteiger partial charge in [-0.3, -0.25) is 0 Å². The maximum Gasteiger partial charge on any atom is 0.345 e. The van der Waals surface area contributed by atoms with Gasteiger partial charge in [-0.1, -0.05) is 42.2 Å². The predicted octanol–water partition coefficient (Wildman–Crippen LogP) is 4.35. The van der Waals surface area contributed by atoms with Gasteiger partial charge in [0.1, 0.15) is 5.76 Å². The molecule has 0 N–H and O–H groups in total. The van der Waals surface area contributed by atoms with Gasteiger partial charge in [-0.25, -0.2) is 4.79 Å². The molecule has 4 heteroatoms. The number of nitrogens with zero attached hydrogens (tertiary/aromatic N) is 1. The molecule has 3 nitrogen and oxygen atoms in total. The van der Waals surface area contributed by atoms with Crippen LogP contribution >= 0.6 is 22.6 Å². The number of carbonyl (C=O) groups excluding carboxylic acids is 1.